The quantitative estimate of drug-likeness (QED) is 0.418. The number of unbranched alkanes of at least 4 members (excludes halogenated alkanes) is 3. The van der Waals surface area contributed by atoms with E-state index in [1.807, 2.05) is 48.5 Å². The van der Waals surface area contributed by atoms with Gasteiger partial charge in [0.05, 0.1) is 29.4 Å². The van der Waals surface area contributed by atoms with Gasteiger partial charge in [-0.15, -0.1) is 0 Å². The van der Waals surface area contributed by atoms with Crippen molar-refractivity contribution in [2.45, 2.75) is 32.6 Å². The lowest BCUT2D eigenvalue weighted by Crippen LogP contribution is -2.00. The van der Waals surface area contributed by atoms with E-state index in [0.717, 1.165) is 60.0 Å². The van der Waals surface area contributed by atoms with Gasteiger partial charge in [0.15, 0.2) is 5.12 Å². The lowest BCUT2D eigenvalue weighted by atomic mass is 10.2. The van der Waals surface area contributed by atoms with E-state index >= 15 is 0 Å². The van der Waals surface area contributed by atoms with Crippen molar-refractivity contribution in [1.82, 2.24) is 15.0 Å². The number of ether oxygens (including phenoxy) is 1. The highest BCUT2D eigenvalue weighted by Gasteiger charge is 2.09. The Labute approximate surface area is 176 Å². The van der Waals surface area contributed by atoms with Gasteiger partial charge in [0, 0.05) is 37.2 Å². The molecule has 3 aromatic rings. The summed E-state index contributed by atoms with van der Waals surface area (Å²) in [7, 11) is 0. The van der Waals surface area contributed by atoms with E-state index in [1.54, 1.807) is 19.3 Å². The molecule has 5 nitrogen and oxygen atoms in total. The minimum atomic E-state index is 0.193. The zero-order valence-corrected chi connectivity index (χ0v) is 17.4. The Morgan fingerprint density at radius 1 is 0.862 bits per heavy atom. The molecule has 0 fully saturated rings. The van der Waals surface area contributed by atoms with Gasteiger partial charge in [0.2, 0.25) is 0 Å². The number of hydrogen-bond acceptors (Lipinski definition) is 6. The number of aromatic nitrogens is 3. The molecule has 3 rings (SSSR count). The van der Waals surface area contributed by atoms with Crippen molar-refractivity contribution in [2.24, 2.45) is 0 Å². The molecule has 0 radical (unpaired) electrons. The van der Waals surface area contributed by atoms with Crippen LogP contribution in [0.25, 0.3) is 22.8 Å². The highest BCUT2D eigenvalue weighted by molar-refractivity contribution is 8.13. The molecule has 0 N–H and O–H groups in total. The van der Waals surface area contributed by atoms with Crippen LogP contribution in [0.4, 0.5) is 0 Å². The number of pyridine rings is 3. The van der Waals surface area contributed by atoms with Gasteiger partial charge < -0.3 is 4.74 Å². The maximum atomic E-state index is 10.9. The standard InChI is InChI=1S/C23H25N3O2S/c1-18(27)29-15-9-3-2-8-14-28-19-16-22(20-10-4-6-12-24-20)26-23(17-19)21-11-5-7-13-25-21/h4-7,10-13,16-17H,2-3,8-9,14-15H2,1H3. The van der Waals surface area contributed by atoms with Crippen molar-refractivity contribution in [1.29, 1.82) is 0 Å². The predicted molar refractivity (Wildman–Crippen MR) is 118 cm³/mol. The lowest BCUT2D eigenvalue weighted by molar-refractivity contribution is -0.109. The molecule has 0 saturated carbocycles. The molecule has 0 saturated heterocycles. The third kappa shape index (κ3) is 6.98. The van der Waals surface area contributed by atoms with Crippen LogP contribution in [0.15, 0.2) is 60.9 Å². The number of carbonyl (C=O) groups excluding carboxylic acids is 1. The molecule has 0 aliphatic carbocycles. The second-order valence-electron chi connectivity index (χ2n) is 6.61. The highest BCUT2D eigenvalue weighted by atomic mass is 32.2. The summed E-state index contributed by atoms with van der Waals surface area (Å²) in [5.74, 6) is 1.68. The third-order valence-electron chi connectivity index (χ3n) is 4.27. The Balaban J connectivity index is 1.62. The molecule has 0 bridgehead atoms. The van der Waals surface area contributed by atoms with Crippen molar-refractivity contribution >= 4 is 16.9 Å². The maximum Gasteiger partial charge on any atom is 0.185 e. The first-order valence-electron chi connectivity index (χ1n) is 9.83. The van der Waals surface area contributed by atoms with Crippen LogP contribution in [0, 0.1) is 0 Å². The minimum Gasteiger partial charge on any atom is -0.493 e. The van der Waals surface area contributed by atoms with Crippen molar-refractivity contribution in [2.75, 3.05) is 12.4 Å². The van der Waals surface area contributed by atoms with Gasteiger partial charge >= 0.3 is 0 Å². The van der Waals surface area contributed by atoms with Gasteiger partial charge in [0.25, 0.3) is 0 Å². The van der Waals surface area contributed by atoms with Crippen LogP contribution in [-0.4, -0.2) is 32.4 Å². The molecule has 150 valence electrons. The number of carbonyl (C=O) groups is 1. The van der Waals surface area contributed by atoms with Gasteiger partial charge in [-0.25, -0.2) is 4.98 Å². The van der Waals surface area contributed by atoms with E-state index < -0.39 is 0 Å². The number of hydrogen-bond donors (Lipinski definition) is 0. The van der Waals surface area contributed by atoms with Crippen LogP contribution in [0.2, 0.25) is 0 Å². The molecule has 0 aliphatic rings. The molecule has 29 heavy (non-hydrogen) atoms. The minimum absolute atomic E-state index is 0.193. The fourth-order valence-corrected chi connectivity index (χ4v) is 3.48. The average molecular weight is 408 g/mol. The fraction of sp³-hybridized carbons (Fsp3) is 0.304. The molecule has 0 unspecified atom stereocenters. The molecule has 3 aromatic heterocycles. The van der Waals surface area contributed by atoms with Gasteiger partial charge in [0.1, 0.15) is 5.75 Å². The van der Waals surface area contributed by atoms with Crippen LogP contribution in [0.3, 0.4) is 0 Å². The van der Waals surface area contributed by atoms with Gasteiger partial charge in [-0.3, -0.25) is 14.8 Å². The topological polar surface area (TPSA) is 65.0 Å². The van der Waals surface area contributed by atoms with Crippen LogP contribution >= 0.6 is 11.8 Å². The second-order valence-corrected chi connectivity index (χ2v) is 7.88. The molecular weight excluding hydrogens is 382 g/mol. The van der Waals surface area contributed by atoms with E-state index in [4.69, 9.17) is 9.72 Å². The number of thioether (sulfide) groups is 1. The summed E-state index contributed by atoms with van der Waals surface area (Å²) in [4.78, 5) is 24.5. The number of rotatable bonds is 10. The SMILES string of the molecule is CC(=O)SCCCCCCOc1cc(-c2ccccn2)nc(-c2ccccn2)c1. The molecule has 3 heterocycles. The van der Waals surface area contributed by atoms with E-state index in [0.29, 0.717) is 6.61 Å². The van der Waals surface area contributed by atoms with E-state index in [-0.39, 0.29) is 5.12 Å². The summed E-state index contributed by atoms with van der Waals surface area (Å²) in [6.07, 6.45) is 7.75. The molecule has 0 atom stereocenters. The van der Waals surface area contributed by atoms with Crippen LogP contribution in [0.1, 0.15) is 32.6 Å². The lowest BCUT2D eigenvalue weighted by Gasteiger charge is -2.10. The van der Waals surface area contributed by atoms with Gasteiger partial charge in [-0.1, -0.05) is 36.7 Å². The Hall–Kier alpha value is -2.73. The van der Waals surface area contributed by atoms with Crippen molar-refractivity contribution in [3.05, 3.63) is 60.9 Å². The highest BCUT2D eigenvalue weighted by Crippen LogP contribution is 2.26. The van der Waals surface area contributed by atoms with Crippen molar-refractivity contribution in [3.63, 3.8) is 0 Å². The van der Waals surface area contributed by atoms with Crippen molar-refractivity contribution < 1.29 is 9.53 Å². The van der Waals surface area contributed by atoms with Gasteiger partial charge in [-0.2, -0.15) is 0 Å². The summed E-state index contributed by atoms with van der Waals surface area (Å²) < 4.78 is 6.02. The molecule has 0 spiro atoms. The Morgan fingerprint density at radius 3 is 2.03 bits per heavy atom. The first kappa shape index (κ1) is 21.0. The van der Waals surface area contributed by atoms with E-state index in [1.165, 1.54) is 11.8 Å². The summed E-state index contributed by atoms with van der Waals surface area (Å²) in [6, 6.07) is 15.4. The molecule has 0 aromatic carbocycles. The Morgan fingerprint density at radius 2 is 1.48 bits per heavy atom. The number of nitrogens with zero attached hydrogens (tertiary/aromatic N) is 3. The Bertz CT molecular complexity index is 847. The monoisotopic (exact) mass is 407 g/mol. The predicted octanol–water partition coefficient (Wildman–Crippen LogP) is 5.42. The zero-order chi connectivity index (χ0) is 20.3. The van der Waals surface area contributed by atoms with Crippen LogP contribution < -0.4 is 4.74 Å². The normalized spacial score (nSPS) is 10.7. The van der Waals surface area contributed by atoms with Crippen LogP contribution in [-0.2, 0) is 4.79 Å². The summed E-state index contributed by atoms with van der Waals surface area (Å²) in [5, 5.41) is 0.193. The molecular formula is C23H25N3O2S. The van der Waals surface area contributed by atoms with Gasteiger partial charge in [-0.05, 0) is 37.1 Å². The first-order chi connectivity index (χ1) is 14.2. The second kappa shape index (κ2) is 11.3. The fourth-order valence-electron chi connectivity index (χ4n) is 2.84. The largest absolute Gasteiger partial charge is 0.493 e. The molecule has 0 aliphatic heterocycles. The summed E-state index contributed by atoms with van der Waals surface area (Å²) in [5.41, 5.74) is 3.14. The maximum absolute atomic E-state index is 10.9. The Kier molecular flexibility index (Phi) is 8.19. The van der Waals surface area contributed by atoms with Crippen LogP contribution in [0.5, 0.6) is 5.75 Å². The third-order valence-corrected chi connectivity index (χ3v) is 5.17. The molecule has 0 amide bonds. The summed E-state index contributed by atoms with van der Waals surface area (Å²) >= 11 is 1.40. The van der Waals surface area contributed by atoms with E-state index in [2.05, 4.69) is 9.97 Å². The zero-order valence-electron chi connectivity index (χ0n) is 16.6. The smallest absolute Gasteiger partial charge is 0.185 e. The molecule has 6 heteroatoms. The summed E-state index contributed by atoms with van der Waals surface area (Å²) in [6.45, 7) is 2.26. The van der Waals surface area contributed by atoms with Crippen molar-refractivity contribution in [3.8, 4) is 28.5 Å². The average Bonchev–Trinajstić information content (AvgIpc) is 2.76. The first-order valence-corrected chi connectivity index (χ1v) is 10.8. The van der Waals surface area contributed by atoms with E-state index in [9.17, 15) is 4.79 Å².